The van der Waals surface area contributed by atoms with Crippen LogP contribution in [0.2, 0.25) is 0 Å². The zero-order valence-electron chi connectivity index (χ0n) is 4.95. The second-order valence-electron chi connectivity index (χ2n) is 1.70. The van der Waals surface area contributed by atoms with Gasteiger partial charge in [-0.3, -0.25) is 15.8 Å². The first-order chi connectivity index (χ1) is 4.06. The van der Waals surface area contributed by atoms with Crippen molar-refractivity contribution in [3.63, 3.8) is 0 Å². The SMILES string of the molecule is NNCCCP(=O)(O)O. The van der Waals surface area contributed by atoms with Crippen molar-refractivity contribution in [3.8, 4) is 0 Å². The fourth-order valence-electron chi connectivity index (χ4n) is 0.387. The molecule has 0 unspecified atom stereocenters. The van der Waals surface area contributed by atoms with Crippen LogP contribution in [0.5, 0.6) is 0 Å². The van der Waals surface area contributed by atoms with E-state index in [9.17, 15) is 4.57 Å². The molecule has 0 saturated carbocycles. The number of hydrogen-bond donors (Lipinski definition) is 4. The van der Waals surface area contributed by atoms with Crippen LogP contribution in [0.25, 0.3) is 0 Å². The van der Waals surface area contributed by atoms with Crippen molar-refractivity contribution in [2.45, 2.75) is 6.42 Å². The van der Waals surface area contributed by atoms with Crippen LogP contribution in [0.15, 0.2) is 0 Å². The van der Waals surface area contributed by atoms with Crippen LogP contribution in [-0.4, -0.2) is 22.5 Å². The second-order valence-corrected chi connectivity index (χ2v) is 3.47. The van der Waals surface area contributed by atoms with Crippen LogP contribution in [0.3, 0.4) is 0 Å². The van der Waals surface area contributed by atoms with Crippen molar-refractivity contribution in [3.05, 3.63) is 0 Å². The van der Waals surface area contributed by atoms with E-state index in [2.05, 4.69) is 5.43 Å². The molecular weight excluding hydrogens is 143 g/mol. The molecule has 0 aliphatic carbocycles. The van der Waals surface area contributed by atoms with Gasteiger partial charge in [0, 0.05) is 6.54 Å². The minimum absolute atomic E-state index is 0.100. The summed E-state index contributed by atoms with van der Waals surface area (Å²) in [7, 11) is -3.79. The third kappa shape index (κ3) is 8.07. The van der Waals surface area contributed by atoms with Gasteiger partial charge in [-0.05, 0) is 6.42 Å². The summed E-state index contributed by atoms with van der Waals surface area (Å²) in [6, 6.07) is 0. The van der Waals surface area contributed by atoms with Gasteiger partial charge in [-0.25, -0.2) is 0 Å². The highest BCUT2D eigenvalue weighted by molar-refractivity contribution is 7.51. The van der Waals surface area contributed by atoms with Gasteiger partial charge in [0.25, 0.3) is 0 Å². The minimum atomic E-state index is -3.79. The number of rotatable bonds is 4. The molecule has 56 valence electrons. The van der Waals surface area contributed by atoms with E-state index in [1.165, 1.54) is 0 Å². The number of hydrazine groups is 1. The van der Waals surface area contributed by atoms with Gasteiger partial charge < -0.3 is 9.79 Å². The maximum atomic E-state index is 10.1. The van der Waals surface area contributed by atoms with E-state index in [-0.39, 0.29) is 6.16 Å². The fraction of sp³-hybridized carbons (Fsp3) is 1.00. The van der Waals surface area contributed by atoms with E-state index in [0.717, 1.165) is 0 Å². The van der Waals surface area contributed by atoms with Gasteiger partial charge in [-0.1, -0.05) is 0 Å². The summed E-state index contributed by atoms with van der Waals surface area (Å²) < 4.78 is 10.1. The summed E-state index contributed by atoms with van der Waals surface area (Å²) in [5, 5.41) is 0. The lowest BCUT2D eigenvalue weighted by Crippen LogP contribution is -2.23. The third-order valence-corrected chi connectivity index (χ3v) is 1.67. The Kier molecular flexibility index (Phi) is 4.01. The topological polar surface area (TPSA) is 95.6 Å². The van der Waals surface area contributed by atoms with Gasteiger partial charge in [-0.2, -0.15) is 0 Å². The normalized spacial score (nSPS) is 11.9. The van der Waals surface area contributed by atoms with Crippen LogP contribution in [0.4, 0.5) is 0 Å². The molecule has 0 aromatic carbocycles. The molecular formula is C3H11N2O3P. The Morgan fingerprint density at radius 2 is 2.11 bits per heavy atom. The maximum absolute atomic E-state index is 10.1. The van der Waals surface area contributed by atoms with E-state index >= 15 is 0 Å². The maximum Gasteiger partial charge on any atom is 0.325 e. The van der Waals surface area contributed by atoms with E-state index in [4.69, 9.17) is 15.6 Å². The lowest BCUT2D eigenvalue weighted by molar-refractivity contribution is 0.371. The van der Waals surface area contributed by atoms with E-state index in [1.807, 2.05) is 0 Å². The predicted octanol–water partition coefficient (Wildman–Crippen LogP) is -0.982. The van der Waals surface area contributed by atoms with Gasteiger partial charge in [0.05, 0.1) is 6.16 Å². The largest absolute Gasteiger partial charge is 0.325 e. The number of hydrogen-bond acceptors (Lipinski definition) is 3. The fourth-order valence-corrected chi connectivity index (χ4v) is 0.957. The lowest BCUT2D eigenvalue weighted by atomic mass is 10.5. The zero-order chi connectivity index (χ0) is 7.33. The lowest BCUT2D eigenvalue weighted by Gasteiger charge is -2.01. The molecule has 0 rings (SSSR count). The Bertz CT molecular complexity index is 112. The first kappa shape index (κ1) is 9.07. The summed E-state index contributed by atoms with van der Waals surface area (Å²) in [5.41, 5.74) is 2.30. The van der Waals surface area contributed by atoms with Crippen molar-refractivity contribution in [1.29, 1.82) is 0 Å². The van der Waals surface area contributed by atoms with Crippen molar-refractivity contribution < 1.29 is 14.4 Å². The smallest absolute Gasteiger partial charge is 0.324 e. The van der Waals surface area contributed by atoms with Crippen LogP contribution in [0, 0.1) is 0 Å². The molecule has 0 bridgehead atoms. The van der Waals surface area contributed by atoms with Crippen molar-refractivity contribution >= 4 is 7.60 Å². The molecule has 0 atom stereocenters. The monoisotopic (exact) mass is 154 g/mol. The highest BCUT2D eigenvalue weighted by Crippen LogP contribution is 2.34. The van der Waals surface area contributed by atoms with Crippen molar-refractivity contribution in [1.82, 2.24) is 5.43 Å². The quantitative estimate of drug-likeness (QED) is 0.180. The Morgan fingerprint density at radius 3 is 2.44 bits per heavy atom. The standard InChI is InChI=1S/C3H11N2O3P/c4-5-2-1-3-9(6,7)8/h5H,1-4H2,(H2,6,7,8). The molecule has 0 aliphatic heterocycles. The highest BCUT2D eigenvalue weighted by Gasteiger charge is 2.10. The van der Waals surface area contributed by atoms with Crippen molar-refractivity contribution in [2.75, 3.05) is 12.7 Å². The van der Waals surface area contributed by atoms with E-state index in [0.29, 0.717) is 13.0 Å². The first-order valence-electron chi connectivity index (χ1n) is 2.54. The zero-order valence-corrected chi connectivity index (χ0v) is 5.84. The summed E-state index contributed by atoms with van der Waals surface area (Å²) >= 11 is 0. The van der Waals surface area contributed by atoms with E-state index < -0.39 is 7.60 Å². The first-order valence-corrected chi connectivity index (χ1v) is 4.34. The number of nitrogens with two attached hydrogens (primary N) is 1. The van der Waals surface area contributed by atoms with Crippen LogP contribution >= 0.6 is 7.60 Å². The van der Waals surface area contributed by atoms with Gasteiger partial charge in [0.2, 0.25) is 0 Å². The van der Waals surface area contributed by atoms with Gasteiger partial charge in [-0.15, -0.1) is 0 Å². The molecule has 9 heavy (non-hydrogen) atoms. The Labute approximate surface area is 53.4 Å². The minimum Gasteiger partial charge on any atom is -0.324 e. The van der Waals surface area contributed by atoms with Crippen LogP contribution in [-0.2, 0) is 4.57 Å². The average molecular weight is 154 g/mol. The molecule has 0 fully saturated rings. The average Bonchev–Trinajstić information content (AvgIpc) is 1.63. The Hall–Kier alpha value is 0.0700. The molecule has 0 heterocycles. The van der Waals surface area contributed by atoms with Crippen molar-refractivity contribution in [2.24, 2.45) is 5.84 Å². The molecule has 0 saturated heterocycles. The second kappa shape index (κ2) is 3.98. The summed E-state index contributed by atoms with van der Waals surface area (Å²) in [4.78, 5) is 16.6. The van der Waals surface area contributed by atoms with Gasteiger partial charge >= 0.3 is 7.60 Å². The number of nitrogens with one attached hydrogen (secondary N) is 1. The summed E-state index contributed by atoms with van der Waals surface area (Å²) in [6.45, 7) is 0.436. The molecule has 0 aliphatic rings. The third-order valence-electron chi connectivity index (χ3n) is 0.771. The molecule has 0 amide bonds. The predicted molar refractivity (Wildman–Crippen MR) is 33.7 cm³/mol. The highest BCUT2D eigenvalue weighted by atomic mass is 31.2. The molecule has 0 aromatic rings. The summed E-state index contributed by atoms with van der Waals surface area (Å²) in [6.07, 6.45) is 0.304. The Balaban J connectivity index is 3.18. The molecule has 0 spiro atoms. The van der Waals surface area contributed by atoms with Gasteiger partial charge in [0.15, 0.2) is 0 Å². The molecule has 0 radical (unpaired) electrons. The van der Waals surface area contributed by atoms with E-state index in [1.54, 1.807) is 0 Å². The van der Waals surface area contributed by atoms with Gasteiger partial charge in [0.1, 0.15) is 0 Å². The Morgan fingerprint density at radius 1 is 1.56 bits per heavy atom. The summed E-state index contributed by atoms with van der Waals surface area (Å²) in [5.74, 6) is 4.85. The molecule has 0 aromatic heterocycles. The molecule has 5 nitrogen and oxygen atoms in total. The molecule has 5 N–H and O–H groups in total. The van der Waals surface area contributed by atoms with Crippen LogP contribution in [0.1, 0.15) is 6.42 Å². The van der Waals surface area contributed by atoms with Crippen LogP contribution < -0.4 is 11.3 Å². The molecule has 6 heteroatoms.